The standard InChI is InChI=1S/C23H24N4O4S/c1-4-17-7-6-16(15-27-11-5-10-24-27)12-22(17)32(29,30)25-23(28)21-13-18-8-9-19(26(2)3)14-20(18)31-21/h5-14H,4,15H2,1-3H3,(H,25,28). The number of nitrogens with one attached hydrogen (secondary N) is 1. The van der Waals surface area contributed by atoms with Gasteiger partial charge in [-0.3, -0.25) is 9.48 Å². The first kappa shape index (κ1) is 21.6. The topological polar surface area (TPSA) is 97.4 Å². The van der Waals surface area contributed by atoms with Crippen molar-refractivity contribution in [2.45, 2.75) is 24.8 Å². The third kappa shape index (κ3) is 4.38. The fraction of sp³-hybridized carbons (Fsp3) is 0.217. The highest BCUT2D eigenvalue weighted by molar-refractivity contribution is 7.90. The van der Waals surface area contributed by atoms with E-state index >= 15 is 0 Å². The van der Waals surface area contributed by atoms with Gasteiger partial charge in [0.2, 0.25) is 0 Å². The maximum atomic E-state index is 13.1. The van der Waals surface area contributed by atoms with Crippen LogP contribution in [0.4, 0.5) is 5.69 Å². The molecule has 32 heavy (non-hydrogen) atoms. The third-order valence-corrected chi connectivity index (χ3v) is 6.59. The molecule has 8 nitrogen and oxygen atoms in total. The lowest BCUT2D eigenvalue weighted by atomic mass is 10.1. The van der Waals surface area contributed by atoms with Crippen molar-refractivity contribution >= 4 is 32.6 Å². The Hall–Kier alpha value is -3.59. The van der Waals surface area contributed by atoms with Gasteiger partial charge in [0.15, 0.2) is 5.76 Å². The summed E-state index contributed by atoms with van der Waals surface area (Å²) in [5, 5.41) is 4.87. The Kier molecular flexibility index (Phi) is 5.75. The first-order chi connectivity index (χ1) is 15.3. The molecular formula is C23H24N4O4S. The summed E-state index contributed by atoms with van der Waals surface area (Å²) in [7, 11) is -0.310. The van der Waals surface area contributed by atoms with Crippen LogP contribution in [0.5, 0.6) is 0 Å². The zero-order valence-corrected chi connectivity index (χ0v) is 18.9. The van der Waals surface area contributed by atoms with E-state index in [-0.39, 0.29) is 10.7 Å². The molecule has 166 valence electrons. The van der Waals surface area contributed by atoms with Crippen LogP contribution in [0.25, 0.3) is 11.0 Å². The van der Waals surface area contributed by atoms with Crippen LogP contribution < -0.4 is 9.62 Å². The molecule has 0 radical (unpaired) electrons. The lowest BCUT2D eigenvalue weighted by Crippen LogP contribution is -2.31. The number of aromatic nitrogens is 2. The van der Waals surface area contributed by atoms with Crippen LogP contribution in [0.1, 0.15) is 28.6 Å². The molecule has 0 aliphatic rings. The van der Waals surface area contributed by atoms with Gasteiger partial charge in [-0.25, -0.2) is 13.1 Å². The maximum Gasteiger partial charge on any atom is 0.300 e. The van der Waals surface area contributed by atoms with E-state index in [1.165, 1.54) is 6.07 Å². The van der Waals surface area contributed by atoms with Crippen LogP contribution in [0, 0.1) is 0 Å². The molecule has 0 bridgehead atoms. The number of aryl methyl sites for hydroxylation is 1. The van der Waals surface area contributed by atoms with Gasteiger partial charge in [0, 0.05) is 43.6 Å². The van der Waals surface area contributed by atoms with Crippen molar-refractivity contribution in [3.05, 3.63) is 77.8 Å². The number of hydrogen-bond donors (Lipinski definition) is 1. The van der Waals surface area contributed by atoms with E-state index in [9.17, 15) is 13.2 Å². The zero-order chi connectivity index (χ0) is 22.9. The minimum Gasteiger partial charge on any atom is -0.451 e. The highest BCUT2D eigenvalue weighted by Crippen LogP contribution is 2.25. The molecular weight excluding hydrogens is 428 g/mol. The predicted octanol–water partition coefficient (Wildman–Crippen LogP) is 3.42. The molecule has 0 fully saturated rings. The Morgan fingerprint density at radius 1 is 1.16 bits per heavy atom. The van der Waals surface area contributed by atoms with E-state index in [1.54, 1.807) is 41.3 Å². The minimum atomic E-state index is -4.11. The summed E-state index contributed by atoms with van der Waals surface area (Å²) >= 11 is 0. The van der Waals surface area contributed by atoms with Crippen molar-refractivity contribution in [3.63, 3.8) is 0 Å². The predicted molar refractivity (Wildman–Crippen MR) is 122 cm³/mol. The molecule has 2 heterocycles. The molecule has 0 unspecified atom stereocenters. The van der Waals surface area contributed by atoms with E-state index in [1.807, 2.05) is 44.1 Å². The smallest absolute Gasteiger partial charge is 0.300 e. The Morgan fingerprint density at radius 2 is 1.97 bits per heavy atom. The van der Waals surface area contributed by atoms with Crippen molar-refractivity contribution in [3.8, 4) is 0 Å². The zero-order valence-electron chi connectivity index (χ0n) is 18.1. The van der Waals surface area contributed by atoms with E-state index < -0.39 is 15.9 Å². The van der Waals surface area contributed by atoms with E-state index in [0.717, 1.165) is 11.3 Å². The molecule has 0 atom stereocenters. The monoisotopic (exact) mass is 452 g/mol. The van der Waals surface area contributed by atoms with Gasteiger partial charge in [0.1, 0.15) is 5.58 Å². The van der Waals surface area contributed by atoms with Crippen molar-refractivity contribution in [1.29, 1.82) is 0 Å². The molecule has 2 aromatic carbocycles. The number of furan rings is 1. The summed E-state index contributed by atoms with van der Waals surface area (Å²) < 4.78 is 35.7. The fourth-order valence-electron chi connectivity index (χ4n) is 3.46. The number of fused-ring (bicyclic) bond motifs is 1. The molecule has 4 rings (SSSR count). The minimum absolute atomic E-state index is 0.0646. The quantitative estimate of drug-likeness (QED) is 0.461. The van der Waals surface area contributed by atoms with Gasteiger partial charge in [-0.15, -0.1) is 0 Å². The van der Waals surface area contributed by atoms with Gasteiger partial charge >= 0.3 is 5.91 Å². The molecule has 0 saturated carbocycles. The number of amides is 1. The molecule has 0 saturated heterocycles. The lowest BCUT2D eigenvalue weighted by molar-refractivity contribution is 0.0956. The van der Waals surface area contributed by atoms with E-state index in [0.29, 0.717) is 29.5 Å². The molecule has 4 aromatic rings. The third-order valence-electron chi connectivity index (χ3n) is 5.18. The largest absolute Gasteiger partial charge is 0.451 e. The first-order valence-corrected chi connectivity index (χ1v) is 11.6. The van der Waals surface area contributed by atoms with Gasteiger partial charge in [-0.05, 0) is 47.9 Å². The van der Waals surface area contributed by atoms with Crippen molar-refractivity contribution in [2.75, 3.05) is 19.0 Å². The summed E-state index contributed by atoms with van der Waals surface area (Å²) in [5.41, 5.74) is 2.80. The molecule has 9 heteroatoms. The van der Waals surface area contributed by atoms with Gasteiger partial charge in [0.05, 0.1) is 11.4 Å². The number of carbonyl (C=O) groups excluding carboxylic acids is 1. The summed E-state index contributed by atoms with van der Waals surface area (Å²) in [6, 6.07) is 14.1. The van der Waals surface area contributed by atoms with Crippen LogP contribution >= 0.6 is 0 Å². The molecule has 1 amide bonds. The highest BCUT2D eigenvalue weighted by atomic mass is 32.2. The van der Waals surface area contributed by atoms with Crippen molar-refractivity contribution in [1.82, 2.24) is 14.5 Å². The van der Waals surface area contributed by atoms with Gasteiger partial charge in [0.25, 0.3) is 10.0 Å². The molecule has 2 aromatic heterocycles. The Morgan fingerprint density at radius 3 is 2.66 bits per heavy atom. The maximum absolute atomic E-state index is 13.1. The Labute approximate surface area is 186 Å². The van der Waals surface area contributed by atoms with Gasteiger partial charge in [-0.1, -0.05) is 19.1 Å². The molecule has 0 aliphatic heterocycles. The number of anilines is 1. The van der Waals surface area contributed by atoms with Gasteiger partial charge < -0.3 is 9.32 Å². The number of hydrogen-bond acceptors (Lipinski definition) is 6. The number of rotatable bonds is 7. The first-order valence-electron chi connectivity index (χ1n) is 10.1. The summed E-state index contributed by atoms with van der Waals surface area (Å²) in [6.45, 7) is 2.29. The van der Waals surface area contributed by atoms with E-state index in [2.05, 4.69) is 9.82 Å². The van der Waals surface area contributed by atoms with Crippen molar-refractivity contribution < 1.29 is 17.6 Å². The number of nitrogens with zero attached hydrogens (tertiary/aromatic N) is 3. The highest BCUT2D eigenvalue weighted by Gasteiger charge is 2.24. The average Bonchev–Trinajstić information content (AvgIpc) is 3.42. The number of benzene rings is 2. The summed E-state index contributed by atoms with van der Waals surface area (Å²) in [6.07, 6.45) is 3.96. The van der Waals surface area contributed by atoms with E-state index in [4.69, 9.17) is 4.42 Å². The van der Waals surface area contributed by atoms with Crippen LogP contribution in [0.2, 0.25) is 0 Å². The average molecular weight is 453 g/mol. The second-order valence-electron chi connectivity index (χ2n) is 7.66. The molecule has 1 N–H and O–H groups in total. The molecule has 0 aliphatic carbocycles. The lowest BCUT2D eigenvalue weighted by Gasteiger charge is -2.12. The second kappa shape index (κ2) is 8.51. The van der Waals surface area contributed by atoms with Crippen LogP contribution in [0.3, 0.4) is 0 Å². The van der Waals surface area contributed by atoms with Crippen LogP contribution in [-0.4, -0.2) is 38.2 Å². The SMILES string of the molecule is CCc1ccc(Cn2cccn2)cc1S(=O)(=O)NC(=O)c1cc2ccc(N(C)C)cc2o1. The normalized spacial score (nSPS) is 11.6. The number of sulfonamides is 1. The summed E-state index contributed by atoms with van der Waals surface area (Å²) in [5.74, 6) is -0.877. The number of carbonyl (C=O) groups is 1. The van der Waals surface area contributed by atoms with Crippen LogP contribution in [0.15, 0.2) is 70.2 Å². The summed E-state index contributed by atoms with van der Waals surface area (Å²) in [4.78, 5) is 14.7. The van der Waals surface area contributed by atoms with Crippen molar-refractivity contribution in [2.24, 2.45) is 0 Å². The Balaban J connectivity index is 1.62. The van der Waals surface area contributed by atoms with Crippen LogP contribution in [-0.2, 0) is 23.0 Å². The fourth-order valence-corrected chi connectivity index (χ4v) is 4.78. The second-order valence-corrected chi connectivity index (χ2v) is 9.31. The molecule has 0 spiro atoms. The van der Waals surface area contributed by atoms with Gasteiger partial charge in [-0.2, -0.15) is 5.10 Å². The Bertz CT molecular complexity index is 1370.